The van der Waals surface area contributed by atoms with Crippen LogP contribution in [0.5, 0.6) is 5.75 Å². The number of hydroxylamine groups is 1. The smallest absolute Gasteiger partial charge is 0.252 e. The lowest BCUT2D eigenvalue weighted by atomic mass is 10.0. The fraction of sp³-hybridized carbons (Fsp3) is 0.208. The van der Waals surface area contributed by atoms with E-state index in [0.29, 0.717) is 12.1 Å². The lowest BCUT2D eigenvalue weighted by Crippen LogP contribution is -2.26. The molecule has 3 N–H and O–H groups in total. The molecule has 1 amide bonds. The Kier molecular flexibility index (Phi) is 7.79. The van der Waals surface area contributed by atoms with Crippen LogP contribution < -0.4 is 5.48 Å². The molecule has 0 bridgehead atoms. The number of carbonyl (C=O) groups excluding carboxylic acids is 1. The van der Waals surface area contributed by atoms with Gasteiger partial charge < -0.3 is 5.11 Å². The zero-order valence-electron chi connectivity index (χ0n) is 19.4. The van der Waals surface area contributed by atoms with Crippen LogP contribution in [0.1, 0.15) is 23.7 Å². The Morgan fingerprint density at radius 1 is 1.11 bits per heavy atom. The maximum Gasteiger partial charge on any atom is 0.252 e. The molecular weight excluding hydrogens is 502 g/mol. The van der Waals surface area contributed by atoms with E-state index in [9.17, 15) is 18.3 Å². The Morgan fingerprint density at radius 3 is 2.53 bits per heavy atom. The molecule has 188 valence electrons. The second kappa shape index (κ2) is 11.0. The predicted molar refractivity (Wildman–Crippen MR) is 134 cm³/mol. The quantitative estimate of drug-likeness (QED) is 0.213. The van der Waals surface area contributed by atoms with Crippen LogP contribution in [0, 0.1) is 0 Å². The fourth-order valence-corrected chi connectivity index (χ4v) is 6.33. The molecule has 36 heavy (non-hydrogen) atoms. The summed E-state index contributed by atoms with van der Waals surface area (Å²) in [7, 11) is -2.28. The van der Waals surface area contributed by atoms with Crippen molar-refractivity contribution in [1.82, 2.24) is 24.8 Å². The molecule has 4 rings (SSSR count). The SMILES string of the molecule is CN(Cc1cn(C(CC(=O)NO)Cc2ccc(O)cc2)nn1)S(=O)(=O)c1ccc(-c2ccccc2)s1. The highest BCUT2D eigenvalue weighted by molar-refractivity contribution is 7.91. The van der Waals surface area contributed by atoms with Crippen molar-refractivity contribution in [3.8, 4) is 16.2 Å². The van der Waals surface area contributed by atoms with Crippen LogP contribution in [0.25, 0.3) is 10.4 Å². The predicted octanol–water partition coefficient (Wildman–Crippen LogP) is 3.21. The molecule has 1 unspecified atom stereocenters. The third-order valence-corrected chi connectivity index (χ3v) is 8.98. The van der Waals surface area contributed by atoms with Gasteiger partial charge in [-0.25, -0.2) is 18.6 Å². The summed E-state index contributed by atoms with van der Waals surface area (Å²) >= 11 is 1.20. The Labute approximate surface area is 212 Å². The summed E-state index contributed by atoms with van der Waals surface area (Å²) in [6.07, 6.45) is 1.89. The van der Waals surface area contributed by atoms with Gasteiger partial charge in [-0.05, 0) is 41.8 Å². The van der Waals surface area contributed by atoms with E-state index in [4.69, 9.17) is 5.21 Å². The number of phenolic OH excluding ortho intramolecular Hbond substituents is 1. The molecule has 0 fully saturated rings. The van der Waals surface area contributed by atoms with Crippen molar-refractivity contribution >= 4 is 27.3 Å². The van der Waals surface area contributed by atoms with Gasteiger partial charge in [0.25, 0.3) is 10.0 Å². The van der Waals surface area contributed by atoms with Crippen LogP contribution in [-0.2, 0) is 27.8 Å². The molecule has 0 spiro atoms. The largest absolute Gasteiger partial charge is 0.508 e. The first-order valence-electron chi connectivity index (χ1n) is 11.0. The van der Waals surface area contributed by atoms with Crippen molar-refractivity contribution in [3.63, 3.8) is 0 Å². The van der Waals surface area contributed by atoms with Gasteiger partial charge in [0.1, 0.15) is 9.96 Å². The van der Waals surface area contributed by atoms with Gasteiger partial charge >= 0.3 is 0 Å². The van der Waals surface area contributed by atoms with Crippen molar-refractivity contribution in [2.24, 2.45) is 0 Å². The van der Waals surface area contributed by atoms with E-state index >= 15 is 0 Å². The van der Waals surface area contributed by atoms with Crippen molar-refractivity contribution < 1.29 is 23.5 Å². The second-order valence-electron chi connectivity index (χ2n) is 8.20. The number of rotatable bonds is 10. The number of sulfonamides is 1. The van der Waals surface area contributed by atoms with Crippen LogP contribution in [0.4, 0.5) is 0 Å². The summed E-state index contributed by atoms with van der Waals surface area (Å²) in [5.41, 5.74) is 3.81. The number of nitrogens with zero attached hydrogens (tertiary/aromatic N) is 4. The first kappa shape index (κ1) is 25.5. The molecule has 2 aromatic heterocycles. The van der Waals surface area contributed by atoms with Gasteiger partial charge in [-0.3, -0.25) is 10.0 Å². The van der Waals surface area contributed by atoms with Gasteiger partial charge in [0.05, 0.1) is 30.9 Å². The highest BCUT2D eigenvalue weighted by atomic mass is 32.2. The summed E-state index contributed by atoms with van der Waals surface area (Å²) in [5.74, 6) is -0.472. The van der Waals surface area contributed by atoms with Crippen LogP contribution in [0.15, 0.2) is 77.1 Å². The molecule has 1 atom stereocenters. The molecule has 2 heterocycles. The summed E-state index contributed by atoms with van der Waals surface area (Å²) in [4.78, 5) is 12.7. The van der Waals surface area contributed by atoms with Gasteiger partial charge in [-0.2, -0.15) is 4.31 Å². The molecule has 0 aliphatic carbocycles. The molecule has 12 heteroatoms. The van der Waals surface area contributed by atoms with Crippen LogP contribution >= 0.6 is 11.3 Å². The molecule has 2 aromatic carbocycles. The number of amides is 1. The minimum atomic E-state index is -3.76. The number of thiophene rings is 1. The topological polar surface area (TPSA) is 138 Å². The van der Waals surface area contributed by atoms with Crippen LogP contribution in [-0.4, -0.2) is 51.0 Å². The lowest BCUT2D eigenvalue weighted by Gasteiger charge is -2.16. The van der Waals surface area contributed by atoms with Crippen molar-refractivity contribution in [2.75, 3.05) is 7.05 Å². The summed E-state index contributed by atoms with van der Waals surface area (Å²) in [6, 6.07) is 19.0. The minimum absolute atomic E-state index is 0.0149. The van der Waals surface area contributed by atoms with E-state index in [-0.39, 0.29) is 22.9 Å². The van der Waals surface area contributed by atoms with E-state index < -0.39 is 22.0 Å². The van der Waals surface area contributed by atoms with Gasteiger partial charge in [-0.1, -0.05) is 47.7 Å². The molecule has 10 nitrogen and oxygen atoms in total. The highest BCUT2D eigenvalue weighted by Crippen LogP contribution is 2.32. The minimum Gasteiger partial charge on any atom is -0.508 e. The first-order chi connectivity index (χ1) is 17.3. The maximum absolute atomic E-state index is 13.2. The van der Waals surface area contributed by atoms with Gasteiger partial charge in [0, 0.05) is 11.9 Å². The molecular formula is C24H25N5O5S2. The van der Waals surface area contributed by atoms with E-state index in [1.807, 2.05) is 30.3 Å². The van der Waals surface area contributed by atoms with E-state index in [1.165, 1.54) is 27.4 Å². The summed E-state index contributed by atoms with van der Waals surface area (Å²) in [5, 5.41) is 26.7. The average molecular weight is 528 g/mol. The summed E-state index contributed by atoms with van der Waals surface area (Å²) < 4.78 is 29.2. The second-order valence-corrected chi connectivity index (χ2v) is 11.6. The number of aromatic hydroxyl groups is 1. The number of aromatic nitrogens is 3. The number of phenols is 1. The number of hydrogen-bond acceptors (Lipinski definition) is 8. The van der Waals surface area contributed by atoms with Crippen molar-refractivity contribution in [1.29, 1.82) is 0 Å². The van der Waals surface area contributed by atoms with E-state index in [0.717, 1.165) is 16.0 Å². The zero-order chi connectivity index (χ0) is 25.7. The fourth-order valence-electron chi connectivity index (χ4n) is 3.67. The van der Waals surface area contributed by atoms with Crippen molar-refractivity contribution in [3.05, 3.63) is 84.2 Å². The molecule has 0 saturated carbocycles. The van der Waals surface area contributed by atoms with Gasteiger partial charge in [0.15, 0.2) is 0 Å². The average Bonchev–Trinajstić information content (AvgIpc) is 3.56. The number of nitrogens with one attached hydrogen (secondary N) is 1. The standard InChI is InChI=1S/C24H25N5O5S2/c1-28(36(33,34)24-12-11-22(35-24)18-5-3-2-4-6-18)15-19-16-29(27-25-19)20(14-23(31)26-32)13-17-7-9-21(30)10-8-17/h2-12,16,20,30,32H,13-15H2,1H3,(H,26,31). The van der Waals surface area contributed by atoms with E-state index in [2.05, 4.69) is 10.3 Å². The highest BCUT2D eigenvalue weighted by Gasteiger charge is 2.25. The molecule has 4 aromatic rings. The normalized spacial score (nSPS) is 12.5. The third kappa shape index (κ3) is 5.97. The van der Waals surface area contributed by atoms with Crippen molar-refractivity contribution in [2.45, 2.75) is 29.6 Å². The van der Waals surface area contributed by atoms with Crippen LogP contribution in [0.2, 0.25) is 0 Å². The number of carbonyl (C=O) groups is 1. The Balaban J connectivity index is 1.49. The van der Waals surface area contributed by atoms with Gasteiger partial charge in [0.2, 0.25) is 5.91 Å². The Bertz CT molecular complexity index is 1420. The molecule has 0 aliphatic heterocycles. The zero-order valence-corrected chi connectivity index (χ0v) is 21.0. The molecule has 0 aliphatic rings. The van der Waals surface area contributed by atoms with Gasteiger partial charge in [-0.15, -0.1) is 16.4 Å². The van der Waals surface area contributed by atoms with E-state index in [1.54, 1.807) is 48.1 Å². The Morgan fingerprint density at radius 2 is 1.83 bits per heavy atom. The maximum atomic E-state index is 13.2. The number of benzene rings is 2. The summed E-state index contributed by atoms with van der Waals surface area (Å²) in [6.45, 7) is -0.0149. The first-order valence-corrected chi connectivity index (χ1v) is 13.2. The monoisotopic (exact) mass is 527 g/mol. The Hall–Kier alpha value is -3.58. The third-order valence-electron chi connectivity index (χ3n) is 5.57. The molecule has 0 radical (unpaired) electrons. The molecule has 0 saturated heterocycles. The number of hydrogen-bond donors (Lipinski definition) is 3. The van der Waals surface area contributed by atoms with Crippen LogP contribution in [0.3, 0.4) is 0 Å². The lowest BCUT2D eigenvalue weighted by molar-refractivity contribution is -0.130.